The molecule has 0 unspecified atom stereocenters. The number of para-hydroxylation sites is 2. The molecule has 0 spiro atoms. The molecule has 2 aromatic carbocycles. The van der Waals surface area contributed by atoms with Crippen LogP contribution in [-0.4, -0.2) is 20.7 Å². The van der Waals surface area contributed by atoms with Gasteiger partial charge in [0.2, 0.25) is 5.91 Å². The summed E-state index contributed by atoms with van der Waals surface area (Å²) in [6.07, 6.45) is 0. The van der Waals surface area contributed by atoms with Crippen molar-refractivity contribution in [1.29, 1.82) is 0 Å². The van der Waals surface area contributed by atoms with E-state index in [0.717, 1.165) is 11.3 Å². The summed E-state index contributed by atoms with van der Waals surface area (Å²) in [6.45, 7) is 3.64. The normalized spacial score (nSPS) is 12.2. The van der Waals surface area contributed by atoms with E-state index in [4.69, 9.17) is 5.73 Å². The van der Waals surface area contributed by atoms with E-state index in [2.05, 4.69) is 4.98 Å². The van der Waals surface area contributed by atoms with E-state index in [1.807, 2.05) is 43.3 Å². The van der Waals surface area contributed by atoms with Crippen molar-refractivity contribution in [2.24, 2.45) is 5.73 Å². The number of nitrogens with two attached hydrogens (primary N) is 1. The van der Waals surface area contributed by atoms with Crippen LogP contribution in [0.4, 0.5) is 0 Å². The van der Waals surface area contributed by atoms with E-state index in [1.54, 1.807) is 23.6 Å². The number of primary amides is 1. The number of nitrogens with zero attached hydrogens (tertiary/aromatic N) is 2. The zero-order valence-electron chi connectivity index (χ0n) is 13.4. The van der Waals surface area contributed by atoms with Gasteiger partial charge in [0.05, 0.1) is 21.8 Å². The molecule has 0 fully saturated rings. The molecule has 3 aromatic rings. The molecule has 122 valence electrons. The zero-order valence-corrected chi connectivity index (χ0v) is 14.2. The maximum absolute atomic E-state index is 13.0. The Morgan fingerprint density at radius 2 is 1.83 bits per heavy atom. The number of carbonyl (C=O) groups is 1. The van der Waals surface area contributed by atoms with E-state index in [9.17, 15) is 9.59 Å². The van der Waals surface area contributed by atoms with Gasteiger partial charge in [-0.1, -0.05) is 42.1 Å². The Morgan fingerprint density at radius 3 is 2.54 bits per heavy atom. The van der Waals surface area contributed by atoms with Crippen molar-refractivity contribution in [3.8, 4) is 5.69 Å². The Kier molecular flexibility index (Phi) is 4.40. The van der Waals surface area contributed by atoms with E-state index in [0.29, 0.717) is 16.1 Å². The van der Waals surface area contributed by atoms with Crippen molar-refractivity contribution in [2.75, 3.05) is 0 Å². The van der Waals surface area contributed by atoms with Gasteiger partial charge in [0.25, 0.3) is 5.56 Å². The lowest BCUT2D eigenvalue weighted by Gasteiger charge is -2.16. The third-order valence-electron chi connectivity index (χ3n) is 3.78. The van der Waals surface area contributed by atoms with Crippen LogP contribution in [0.5, 0.6) is 0 Å². The quantitative estimate of drug-likeness (QED) is 0.585. The molecule has 0 saturated carbocycles. The van der Waals surface area contributed by atoms with Crippen molar-refractivity contribution in [3.05, 3.63) is 64.4 Å². The van der Waals surface area contributed by atoms with Crippen LogP contribution in [0.2, 0.25) is 0 Å². The molecule has 6 heteroatoms. The second-order valence-corrected chi connectivity index (χ2v) is 6.81. The molecule has 1 amide bonds. The molecule has 24 heavy (non-hydrogen) atoms. The lowest BCUT2D eigenvalue weighted by Crippen LogP contribution is -2.26. The average molecular weight is 339 g/mol. The predicted octanol–water partition coefficient (Wildman–Crippen LogP) is 2.66. The van der Waals surface area contributed by atoms with Crippen LogP contribution in [0.15, 0.2) is 58.5 Å². The van der Waals surface area contributed by atoms with E-state index >= 15 is 0 Å². The third kappa shape index (κ3) is 2.92. The molecule has 0 aliphatic rings. The average Bonchev–Trinajstić information content (AvgIpc) is 2.56. The number of aromatic nitrogens is 2. The van der Waals surface area contributed by atoms with Crippen LogP contribution in [0, 0.1) is 6.92 Å². The highest BCUT2D eigenvalue weighted by Gasteiger charge is 2.19. The largest absolute Gasteiger partial charge is 0.369 e. The molecule has 0 aliphatic heterocycles. The van der Waals surface area contributed by atoms with E-state index in [-0.39, 0.29) is 5.56 Å². The van der Waals surface area contributed by atoms with Crippen molar-refractivity contribution in [1.82, 2.24) is 9.55 Å². The van der Waals surface area contributed by atoms with Crippen molar-refractivity contribution in [2.45, 2.75) is 24.3 Å². The number of hydrogen-bond acceptors (Lipinski definition) is 4. The first kappa shape index (κ1) is 16.3. The summed E-state index contributed by atoms with van der Waals surface area (Å²) >= 11 is 1.19. The molecule has 1 heterocycles. The van der Waals surface area contributed by atoms with Gasteiger partial charge in [-0.3, -0.25) is 14.2 Å². The van der Waals surface area contributed by atoms with Crippen LogP contribution in [0.3, 0.4) is 0 Å². The van der Waals surface area contributed by atoms with Gasteiger partial charge in [0, 0.05) is 0 Å². The molecule has 0 saturated heterocycles. The van der Waals surface area contributed by atoms with Gasteiger partial charge in [0.1, 0.15) is 0 Å². The fourth-order valence-corrected chi connectivity index (χ4v) is 3.30. The molecule has 5 nitrogen and oxygen atoms in total. The lowest BCUT2D eigenvalue weighted by molar-refractivity contribution is -0.117. The lowest BCUT2D eigenvalue weighted by atomic mass is 10.2. The molecule has 0 bridgehead atoms. The van der Waals surface area contributed by atoms with Crippen LogP contribution in [-0.2, 0) is 4.79 Å². The molecule has 2 N–H and O–H groups in total. The highest BCUT2D eigenvalue weighted by Crippen LogP contribution is 2.25. The number of hydrogen-bond donors (Lipinski definition) is 1. The summed E-state index contributed by atoms with van der Waals surface area (Å²) in [7, 11) is 0. The number of carbonyl (C=O) groups excluding carboxylic acids is 1. The standard InChI is InChI=1S/C18H17N3O2S/c1-11-7-3-6-10-15(11)21-17(23)13-8-4-5-9-14(13)20-18(21)24-12(2)16(19)22/h3-10,12H,1-2H3,(H2,19,22)/t12-/m1/s1. The number of rotatable bonds is 4. The van der Waals surface area contributed by atoms with Crippen molar-refractivity contribution >= 4 is 28.6 Å². The van der Waals surface area contributed by atoms with Crippen LogP contribution in [0.25, 0.3) is 16.6 Å². The summed E-state index contributed by atoms with van der Waals surface area (Å²) < 4.78 is 1.56. The first-order chi connectivity index (χ1) is 11.5. The minimum absolute atomic E-state index is 0.158. The Hall–Kier alpha value is -2.60. The molecular formula is C18H17N3O2S. The zero-order chi connectivity index (χ0) is 17.3. The maximum Gasteiger partial charge on any atom is 0.266 e. The topological polar surface area (TPSA) is 78.0 Å². The number of fused-ring (bicyclic) bond motifs is 1. The van der Waals surface area contributed by atoms with Crippen molar-refractivity contribution < 1.29 is 4.79 Å². The number of amides is 1. The van der Waals surface area contributed by atoms with Gasteiger partial charge in [0.15, 0.2) is 5.16 Å². The monoisotopic (exact) mass is 339 g/mol. The first-order valence-electron chi connectivity index (χ1n) is 7.53. The Balaban J connectivity index is 2.32. The number of thioether (sulfide) groups is 1. The summed E-state index contributed by atoms with van der Waals surface area (Å²) in [5.74, 6) is -0.446. The van der Waals surface area contributed by atoms with Crippen molar-refractivity contribution in [3.63, 3.8) is 0 Å². The van der Waals surface area contributed by atoms with E-state index in [1.165, 1.54) is 11.8 Å². The summed E-state index contributed by atoms with van der Waals surface area (Å²) in [5, 5.41) is 0.504. The number of aryl methyl sites for hydroxylation is 1. The Bertz CT molecular complexity index is 981. The second-order valence-electron chi connectivity index (χ2n) is 5.50. The summed E-state index contributed by atoms with van der Waals surface area (Å²) in [6, 6.07) is 14.8. The van der Waals surface area contributed by atoms with Gasteiger partial charge >= 0.3 is 0 Å². The Morgan fingerprint density at radius 1 is 1.17 bits per heavy atom. The Labute approximate surface area is 143 Å². The van der Waals surface area contributed by atoms with Crippen LogP contribution >= 0.6 is 11.8 Å². The molecule has 3 rings (SSSR count). The summed E-state index contributed by atoms with van der Waals surface area (Å²) in [4.78, 5) is 29.1. The van der Waals surface area contributed by atoms with Gasteiger partial charge in [-0.15, -0.1) is 0 Å². The fourth-order valence-electron chi connectivity index (χ4n) is 2.43. The molecule has 0 radical (unpaired) electrons. The third-order valence-corrected chi connectivity index (χ3v) is 4.85. The van der Waals surface area contributed by atoms with Crippen LogP contribution in [0.1, 0.15) is 12.5 Å². The van der Waals surface area contributed by atoms with Crippen LogP contribution < -0.4 is 11.3 Å². The maximum atomic E-state index is 13.0. The SMILES string of the molecule is Cc1ccccc1-n1c(S[C@H](C)C(N)=O)nc2ccccc2c1=O. The minimum Gasteiger partial charge on any atom is -0.369 e. The van der Waals surface area contributed by atoms with E-state index < -0.39 is 11.2 Å². The first-order valence-corrected chi connectivity index (χ1v) is 8.41. The molecule has 1 aromatic heterocycles. The van der Waals surface area contributed by atoms with Gasteiger partial charge in [-0.25, -0.2) is 4.98 Å². The highest BCUT2D eigenvalue weighted by molar-refractivity contribution is 8.00. The molecule has 1 atom stereocenters. The molecule has 0 aliphatic carbocycles. The van der Waals surface area contributed by atoms with Gasteiger partial charge in [-0.2, -0.15) is 0 Å². The highest BCUT2D eigenvalue weighted by atomic mass is 32.2. The summed E-state index contributed by atoms with van der Waals surface area (Å²) in [5.41, 5.74) is 7.52. The predicted molar refractivity (Wildman–Crippen MR) is 96.6 cm³/mol. The number of benzene rings is 2. The van der Waals surface area contributed by atoms with Gasteiger partial charge < -0.3 is 5.73 Å². The second kappa shape index (κ2) is 6.49. The smallest absolute Gasteiger partial charge is 0.266 e. The molecular weight excluding hydrogens is 322 g/mol. The minimum atomic E-state index is -0.492. The fraction of sp³-hybridized carbons (Fsp3) is 0.167. The van der Waals surface area contributed by atoms with Gasteiger partial charge in [-0.05, 0) is 37.6 Å².